The van der Waals surface area contributed by atoms with Crippen LogP contribution in [-0.4, -0.2) is 26.2 Å². The van der Waals surface area contributed by atoms with Crippen LogP contribution in [0.25, 0.3) is 0 Å². The van der Waals surface area contributed by atoms with Crippen molar-refractivity contribution in [1.29, 1.82) is 0 Å². The number of ketones is 1. The highest BCUT2D eigenvalue weighted by Crippen LogP contribution is 2.14. The largest absolute Gasteiger partial charge is 0.294 e. The van der Waals surface area contributed by atoms with Gasteiger partial charge >= 0.3 is 0 Å². The molecule has 17 heavy (non-hydrogen) atoms. The van der Waals surface area contributed by atoms with Crippen molar-refractivity contribution in [3.8, 4) is 0 Å². The zero-order chi connectivity index (χ0) is 12.9. The van der Waals surface area contributed by atoms with E-state index in [0.717, 1.165) is 0 Å². The average molecular weight is 254 g/mol. The van der Waals surface area contributed by atoms with E-state index in [2.05, 4.69) is 0 Å². The van der Waals surface area contributed by atoms with Crippen LogP contribution in [0.4, 0.5) is 0 Å². The Morgan fingerprint density at radius 3 is 2.35 bits per heavy atom. The van der Waals surface area contributed by atoms with Gasteiger partial charge < -0.3 is 0 Å². The van der Waals surface area contributed by atoms with E-state index in [1.54, 1.807) is 12.1 Å². The van der Waals surface area contributed by atoms with Crippen molar-refractivity contribution in [2.45, 2.75) is 19.8 Å². The van der Waals surface area contributed by atoms with Gasteiger partial charge in [-0.25, -0.2) is 8.42 Å². The molecule has 0 N–H and O–H groups in total. The van der Waals surface area contributed by atoms with Crippen molar-refractivity contribution in [1.82, 2.24) is 0 Å². The fourth-order valence-electron chi connectivity index (χ4n) is 1.67. The number of Topliss-reactive ketones (excluding diaryl/α,β-unsaturated/α-hetero) is 1. The molecule has 1 atom stereocenters. The summed E-state index contributed by atoms with van der Waals surface area (Å²) in [7, 11) is -2.92. The quantitative estimate of drug-likeness (QED) is 0.732. The summed E-state index contributed by atoms with van der Waals surface area (Å²) in [5.41, 5.74) is 0.694. The molecule has 1 aromatic rings. The Morgan fingerprint density at radius 1 is 1.24 bits per heavy atom. The van der Waals surface area contributed by atoms with Gasteiger partial charge in [-0.1, -0.05) is 37.3 Å². The number of carbonyl (C=O) groups excluding carboxylic acids is 1. The van der Waals surface area contributed by atoms with Crippen LogP contribution < -0.4 is 0 Å². The highest BCUT2D eigenvalue weighted by molar-refractivity contribution is 7.90. The van der Waals surface area contributed by atoms with Gasteiger partial charge in [0.15, 0.2) is 5.78 Å². The van der Waals surface area contributed by atoms with Gasteiger partial charge in [0.05, 0.1) is 0 Å². The molecule has 0 bridgehead atoms. The van der Waals surface area contributed by atoms with Crippen LogP contribution in [0.15, 0.2) is 30.3 Å². The minimum atomic E-state index is -2.92. The van der Waals surface area contributed by atoms with E-state index in [1.165, 1.54) is 6.26 Å². The van der Waals surface area contributed by atoms with Crippen LogP contribution in [-0.2, 0) is 9.84 Å². The monoisotopic (exact) mass is 254 g/mol. The molecule has 0 heterocycles. The zero-order valence-corrected chi connectivity index (χ0v) is 11.0. The van der Waals surface area contributed by atoms with E-state index in [4.69, 9.17) is 0 Å². The summed E-state index contributed by atoms with van der Waals surface area (Å²) in [4.78, 5) is 12.0. The third-order valence-corrected chi connectivity index (χ3v) is 3.69. The van der Waals surface area contributed by atoms with Gasteiger partial charge in [-0.3, -0.25) is 4.79 Å². The van der Waals surface area contributed by atoms with Crippen molar-refractivity contribution in [2.24, 2.45) is 5.92 Å². The summed E-state index contributed by atoms with van der Waals surface area (Å²) in [5, 5.41) is 0. The Kier molecular flexibility index (Phi) is 4.87. The molecule has 0 amide bonds. The van der Waals surface area contributed by atoms with E-state index >= 15 is 0 Å². The standard InChI is InChI=1S/C13H18O3S/c1-11(7-6-10-17(2,15)16)13(14)12-8-4-3-5-9-12/h3-5,8-9,11H,6-7,10H2,1-2H3. The van der Waals surface area contributed by atoms with E-state index in [0.29, 0.717) is 18.4 Å². The minimum Gasteiger partial charge on any atom is -0.294 e. The lowest BCUT2D eigenvalue weighted by atomic mass is 9.95. The number of benzene rings is 1. The van der Waals surface area contributed by atoms with E-state index < -0.39 is 9.84 Å². The molecular formula is C13H18O3S. The predicted octanol–water partition coefficient (Wildman–Crippen LogP) is 2.33. The predicted molar refractivity (Wildman–Crippen MR) is 68.9 cm³/mol. The summed E-state index contributed by atoms with van der Waals surface area (Å²) in [6.07, 6.45) is 2.37. The van der Waals surface area contributed by atoms with Gasteiger partial charge in [-0.2, -0.15) is 0 Å². The zero-order valence-electron chi connectivity index (χ0n) is 10.2. The lowest BCUT2D eigenvalue weighted by molar-refractivity contribution is 0.0923. The van der Waals surface area contributed by atoms with Gasteiger partial charge in [0.2, 0.25) is 0 Å². The van der Waals surface area contributed by atoms with Gasteiger partial charge in [-0.05, 0) is 12.8 Å². The Morgan fingerprint density at radius 2 is 1.82 bits per heavy atom. The second kappa shape index (κ2) is 5.96. The fraction of sp³-hybridized carbons (Fsp3) is 0.462. The molecule has 0 radical (unpaired) electrons. The molecule has 94 valence electrons. The fourth-order valence-corrected chi connectivity index (χ4v) is 2.36. The first-order chi connectivity index (χ1) is 7.90. The summed E-state index contributed by atoms with van der Waals surface area (Å²) in [6.45, 7) is 1.84. The van der Waals surface area contributed by atoms with Gasteiger partial charge in [0.25, 0.3) is 0 Å². The van der Waals surface area contributed by atoms with Crippen molar-refractivity contribution in [3.05, 3.63) is 35.9 Å². The highest BCUT2D eigenvalue weighted by atomic mass is 32.2. The van der Waals surface area contributed by atoms with Crippen LogP contribution in [0.5, 0.6) is 0 Å². The molecule has 0 spiro atoms. The number of hydrogen-bond acceptors (Lipinski definition) is 3. The molecule has 1 rings (SSSR count). The first kappa shape index (κ1) is 13.9. The summed E-state index contributed by atoms with van der Waals surface area (Å²) < 4.78 is 21.9. The lowest BCUT2D eigenvalue weighted by Gasteiger charge is -2.09. The summed E-state index contributed by atoms with van der Waals surface area (Å²) in [5.74, 6) is 0.109. The van der Waals surface area contributed by atoms with Crippen LogP contribution in [0.1, 0.15) is 30.1 Å². The number of carbonyl (C=O) groups is 1. The molecule has 0 aliphatic heterocycles. The topological polar surface area (TPSA) is 51.2 Å². The smallest absolute Gasteiger partial charge is 0.165 e. The number of rotatable bonds is 6. The van der Waals surface area contributed by atoms with Gasteiger partial charge in [0, 0.05) is 23.5 Å². The Labute approximate surface area is 103 Å². The Hall–Kier alpha value is -1.16. The third-order valence-electron chi connectivity index (χ3n) is 2.66. The van der Waals surface area contributed by atoms with E-state index in [1.807, 2.05) is 25.1 Å². The third kappa shape index (κ3) is 5.13. The average Bonchev–Trinajstić information content (AvgIpc) is 2.27. The number of hydrogen-bond donors (Lipinski definition) is 0. The minimum absolute atomic E-state index is 0.0825. The van der Waals surface area contributed by atoms with Crippen molar-refractivity contribution >= 4 is 15.6 Å². The van der Waals surface area contributed by atoms with Crippen LogP contribution in [0.2, 0.25) is 0 Å². The van der Waals surface area contributed by atoms with Crippen LogP contribution >= 0.6 is 0 Å². The summed E-state index contributed by atoms with van der Waals surface area (Å²) >= 11 is 0. The number of sulfone groups is 1. The SMILES string of the molecule is CC(CCCS(C)(=O)=O)C(=O)c1ccccc1. The van der Waals surface area contributed by atoms with Gasteiger partial charge in [-0.15, -0.1) is 0 Å². The maximum atomic E-state index is 12.0. The second-order valence-corrected chi connectivity index (χ2v) is 6.66. The van der Waals surface area contributed by atoms with Crippen molar-refractivity contribution in [3.63, 3.8) is 0 Å². The molecule has 0 aliphatic carbocycles. The van der Waals surface area contributed by atoms with Crippen molar-refractivity contribution in [2.75, 3.05) is 12.0 Å². The lowest BCUT2D eigenvalue weighted by Crippen LogP contribution is -2.13. The summed E-state index contributed by atoms with van der Waals surface area (Å²) in [6, 6.07) is 9.10. The highest BCUT2D eigenvalue weighted by Gasteiger charge is 2.15. The molecule has 1 aromatic carbocycles. The molecule has 3 nitrogen and oxygen atoms in total. The Balaban J connectivity index is 2.49. The molecule has 0 aromatic heterocycles. The normalized spacial score (nSPS) is 13.3. The molecule has 0 saturated carbocycles. The second-order valence-electron chi connectivity index (χ2n) is 4.40. The molecule has 4 heteroatoms. The Bertz CT molecular complexity index is 463. The van der Waals surface area contributed by atoms with Crippen LogP contribution in [0.3, 0.4) is 0 Å². The van der Waals surface area contributed by atoms with E-state index in [9.17, 15) is 13.2 Å². The molecule has 1 unspecified atom stereocenters. The van der Waals surface area contributed by atoms with Gasteiger partial charge in [0.1, 0.15) is 9.84 Å². The molecule has 0 aliphatic rings. The van der Waals surface area contributed by atoms with E-state index in [-0.39, 0.29) is 17.5 Å². The maximum Gasteiger partial charge on any atom is 0.165 e. The first-order valence-corrected chi connectivity index (χ1v) is 7.73. The molecule has 0 fully saturated rings. The maximum absolute atomic E-state index is 12.0. The van der Waals surface area contributed by atoms with Crippen LogP contribution in [0, 0.1) is 5.92 Å². The molecule has 0 saturated heterocycles. The first-order valence-electron chi connectivity index (χ1n) is 5.67. The van der Waals surface area contributed by atoms with Crippen molar-refractivity contribution < 1.29 is 13.2 Å². The molecular weight excluding hydrogens is 236 g/mol.